The van der Waals surface area contributed by atoms with E-state index >= 15 is 0 Å². The average molecular weight is 336 g/mol. The smallest absolute Gasteiger partial charge is 0.338 e. The summed E-state index contributed by atoms with van der Waals surface area (Å²) in [7, 11) is -3.84. The molecule has 2 rings (SSSR count). The van der Waals surface area contributed by atoms with Gasteiger partial charge >= 0.3 is 5.97 Å². The van der Waals surface area contributed by atoms with E-state index in [1.807, 2.05) is 6.08 Å². The number of aromatic carboxylic acids is 1. The number of benzene rings is 1. The van der Waals surface area contributed by atoms with Gasteiger partial charge in [-0.1, -0.05) is 35.4 Å². The van der Waals surface area contributed by atoms with Crippen LogP contribution in [0.5, 0.6) is 0 Å². The molecule has 0 aromatic heterocycles. The van der Waals surface area contributed by atoms with Crippen LogP contribution in [-0.2, 0) is 10.0 Å². The second-order valence-electron chi connectivity index (χ2n) is 4.16. The number of sulfonamides is 1. The largest absolute Gasteiger partial charge is 0.478 e. The van der Waals surface area contributed by atoms with Gasteiger partial charge in [0.15, 0.2) is 0 Å². The molecule has 1 aliphatic rings. The quantitative estimate of drug-likeness (QED) is 0.861. The summed E-state index contributed by atoms with van der Waals surface area (Å²) in [4.78, 5) is 10.9. The second-order valence-corrected chi connectivity index (χ2v) is 6.85. The van der Waals surface area contributed by atoms with E-state index in [2.05, 4.69) is 0 Å². The number of hydrogen-bond donors (Lipinski definition) is 1. The second kappa shape index (κ2) is 5.73. The van der Waals surface area contributed by atoms with Crippen molar-refractivity contribution < 1.29 is 18.3 Å². The maximum Gasteiger partial charge on any atom is 0.338 e. The third kappa shape index (κ3) is 2.69. The Hall–Kier alpha value is -1.08. The normalized spacial score (nSPS) is 16.3. The van der Waals surface area contributed by atoms with Crippen molar-refractivity contribution in [1.82, 2.24) is 4.31 Å². The first kappa shape index (κ1) is 15.3. The molecule has 0 aliphatic carbocycles. The van der Waals surface area contributed by atoms with E-state index in [9.17, 15) is 13.2 Å². The third-order valence-electron chi connectivity index (χ3n) is 2.91. The molecule has 0 fully saturated rings. The number of rotatable bonds is 3. The molecular weight excluding hydrogens is 325 g/mol. The lowest BCUT2D eigenvalue weighted by Crippen LogP contribution is -2.34. The molecule has 0 unspecified atom stereocenters. The van der Waals surface area contributed by atoms with Gasteiger partial charge in [0.1, 0.15) is 4.90 Å². The minimum absolute atomic E-state index is 0.0972. The van der Waals surface area contributed by atoms with E-state index in [4.69, 9.17) is 28.3 Å². The molecule has 0 bridgehead atoms. The molecular formula is C12H11Cl2NO4S. The first-order valence-corrected chi connectivity index (χ1v) is 7.91. The van der Waals surface area contributed by atoms with E-state index in [-0.39, 0.29) is 21.5 Å². The van der Waals surface area contributed by atoms with Crippen LogP contribution in [0.15, 0.2) is 29.2 Å². The zero-order valence-corrected chi connectivity index (χ0v) is 12.5. The monoisotopic (exact) mass is 335 g/mol. The molecule has 0 atom stereocenters. The zero-order valence-electron chi connectivity index (χ0n) is 10.2. The Kier molecular flexibility index (Phi) is 4.39. The van der Waals surface area contributed by atoms with Crippen molar-refractivity contribution in [2.75, 3.05) is 13.1 Å². The van der Waals surface area contributed by atoms with E-state index in [0.717, 1.165) is 0 Å². The third-order valence-corrected chi connectivity index (χ3v) is 5.64. The highest BCUT2D eigenvalue weighted by Crippen LogP contribution is 2.33. The Balaban J connectivity index is 2.55. The number of carboxylic acids is 1. The van der Waals surface area contributed by atoms with Gasteiger partial charge in [0, 0.05) is 13.1 Å². The highest BCUT2D eigenvalue weighted by molar-refractivity contribution is 7.89. The summed E-state index contributed by atoms with van der Waals surface area (Å²) < 4.78 is 26.2. The van der Waals surface area contributed by atoms with E-state index < -0.39 is 21.6 Å². The van der Waals surface area contributed by atoms with Gasteiger partial charge in [-0.2, -0.15) is 4.31 Å². The molecule has 0 saturated heterocycles. The standard InChI is InChI=1S/C12H11Cl2NO4S/c13-8-4-5-9(11(14)10(8)12(16)17)20(18,19)15-6-2-1-3-7-15/h1-2,4-5H,3,6-7H2,(H,16,17). The molecule has 1 aliphatic heterocycles. The summed E-state index contributed by atoms with van der Waals surface area (Å²) in [5.41, 5.74) is -0.401. The Morgan fingerprint density at radius 1 is 1.25 bits per heavy atom. The average Bonchev–Trinajstić information content (AvgIpc) is 2.39. The molecule has 8 heteroatoms. The van der Waals surface area contributed by atoms with Gasteiger partial charge in [-0.25, -0.2) is 13.2 Å². The summed E-state index contributed by atoms with van der Waals surface area (Å²) in [6.45, 7) is 0.573. The summed E-state index contributed by atoms with van der Waals surface area (Å²) in [6, 6.07) is 2.45. The maximum atomic E-state index is 12.5. The van der Waals surface area contributed by atoms with Crippen LogP contribution < -0.4 is 0 Å². The Morgan fingerprint density at radius 2 is 1.95 bits per heavy atom. The zero-order chi connectivity index (χ0) is 14.9. The van der Waals surface area contributed by atoms with Crippen LogP contribution in [0.4, 0.5) is 0 Å². The van der Waals surface area contributed by atoms with Crippen LogP contribution in [0.2, 0.25) is 10.0 Å². The number of halogens is 2. The summed E-state index contributed by atoms with van der Waals surface area (Å²) in [6.07, 6.45) is 4.23. The number of carboxylic acid groups (broad SMARTS) is 1. The van der Waals surface area contributed by atoms with E-state index in [1.165, 1.54) is 16.4 Å². The molecule has 1 N–H and O–H groups in total. The minimum atomic E-state index is -3.84. The van der Waals surface area contributed by atoms with Gasteiger partial charge in [-0.15, -0.1) is 0 Å². The molecule has 1 aromatic rings. The molecule has 1 heterocycles. The highest BCUT2D eigenvalue weighted by Gasteiger charge is 2.29. The lowest BCUT2D eigenvalue weighted by atomic mass is 10.2. The van der Waals surface area contributed by atoms with Crippen LogP contribution in [0.25, 0.3) is 0 Å². The van der Waals surface area contributed by atoms with Crippen molar-refractivity contribution in [3.63, 3.8) is 0 Å². The van der Waals surface area contributed by atoms with Gasteiger partial charge in [-0.3, -0.25) is 0 Å². The van der Waals surface area contributed by atoms with Crippen molar-refractivity contribution in [1.29, 1.82) is 0 Å². The fourth-order valence-electron chi connectivity index (χ4n) is 1.91. The first-order valence-electron chi connectivity index (χ1n) is 5.72. The van der Waals surface area contributed by atoms with Gasteiger partial charge in [0.05, 0.1) is 15.6 Å². The summed E-state index contributed by atoms with van der Waals surface area (Å²) >= 11 is 11.7. The van der Waals surface area contributed by atoms with Crippen molar-refractivity contribution in [2.45, 2.75) is 11.3 Å². The van der Waals surface area contributed by atoms with Crippen molar-refractivity contribution >= 4 is 39.2 Å². The van der Waals surface area contributed by atoms with Gasteiger partial charge in [-0.05, 0) is 18.6 Å². The minimum Gasteiger partial charge on any atom is -0.478 e. The molecule has 0 radical (unpaired) electrons. The highest BCUT2D eigenvalue weighted by atomic mass is 35.5. The Labute approximate surface area is 126 Å². The van der Waals surface area contributed by atoms with Crippen molar-refractivity contribution in [3.8, 4) is 0 Å². The van der Waals surface area contributed by atoms with Crippen molar-refractivity contribution in [3.05, 3.63) is 39.9 Å². The fraction of sp³-hybridized carbons (Fsp3) is 0.250. The molecule has 0 amide bonds. The van der Waals surface area contributed by atoms with Crippen LogP contribution in [-0.4, -0.2) is 36.9 Å². The lowest BCUT2D eigenvalue weighted by Gasteiger charge is -2.23. The first-order chi connectivity index (χ1) is 9.35. The molecule has 20 heavy (non-hydrogen) atoms. The van der Waals surface area contributed by atoms with Gasteiger partial charge < -0.3 is 5.11 Å². The predicted octanol–water partition coefficient (Wildman–Crippen LogP) is 2.64. The fourth-order valence-corrected chi connectivity index (χ4v) is 4.21. The number of hydrogen-bond acceptors (Lipinski definition) is 3. The molecule has 108 valence electrons. The molecule has 0 spiro atoms. The number of carbonyl (C=O) groups is 1. The molecule has 0 saturated carbocycles. The Morgan fingerprint density at radius 3 is 2.50 bits per heavy atom. The summed E-state index contributed by atoms with van der Waals surface area (Å²) in [5, 5.41) is 8.60. The predicted molar refractivity (Wildman–Crippen MR) is 75.9 cm³/mol. The van der Waals surface area contributed by atoms with Crippen LogP contribution in [0, 0.1) is 0 Å². The van der Waals surface area contributed by atoms with E-state index in [0.29, 0.717) is 13.0 Å². The van der Waals surface area contributed by atoms with Crippen molar-refractivity contribution in [2.24, 2.45) is 0 Å². The number of nitrogens with zero attached hydrogens (tertiary/aromatic N) is 1. The van der Waals surface area contributed by atoms with E-state index in [1.54, 1.807) is 6.08 Å². The molecule has 5 nitrogen and oxygen atoms in total. The lowest BCUT2D eigenvalue weighted by molar-refractivity contribution is 0.0697. The Bertz CT molecular complexity index is 685. The maximum absolute atomic E-state index is 12.5. The van der Waals surface area contributed by atoms with Crippen LogP contribution in [0.3, 0.4) is 0 Å². The van der Waals surface area contributed by atoms with Gasteiger partial charge in [0.25, 0.3) is 0 Å². The van der Waals surface area contributed by atoms with Crippen LogP contribution >= 0.6 is 23.2 Å². The summed E-state index contributed by atoms with van der Waals surface area (Å²) in [5.74, 6) is -1.37. The topological polar surface area (TPSA) is 74.7 Å². The molecule has 1 aromatic carbocycles. The van der Waals surface area contributed by atoms with Gasteiger partial charge in [0.2, 0.25) is 10.0 Å². The SMILES string of the molecule is O=C(O)c1c(Cl)ccc(S(=O)(=O)N2CC=CCC2)c1Cl. The van der Waals surface area contributed by atoms with Crippen LogP contribution in [0.1, 0.15) is 16.8 Å².